The first-order valence-electron chi connectivity index (χ1n) is 6.76. The second-order valence-electron chi connectivity index (χ2n) is 4.71. The summed E-state index contributed by atoms with van der Waals surface area (Å²) in [5, 5.41) is 0. The van der Waals surface area contributed by atoms with Crippen LogP contribution in [0.5, 0.6) is 5.75 Å². The molecule has 1 atom stereocenters. The molecular formula is C16H18F2N2O. The summed E-state index contributed by atoms with van der Waals surface area (Å²) < 4.78 is 31.9. The van der Waals surface area contributed by atoms with Crippen LogP contribution in [0.15, 0.2) is 42.5 Å². The Kier molecular flexibility index (Phi) is 5.25. The number of halogens is 2. The molecule has 1 unspecified atom stereocenters. The lowest BCUT2D eigenvalue weighted by molar-refractivity contribution is 0.339. The van der Waals surface area contributed by atoms with E-state index in [0.717, 1.165) is 17.4 Å². The van der Waals surface area contributed by atoms with Crippen LogP contribution in [0.1, 0.15) is 24.1 Å². The Bertz CT molecular complexity index is 584. The van der Waals surface area contributed by atoms with Crippen molar-refractivity contribution < 1.29 is 13.5 Å². The molecule has 0 radical (unpaired) electrons. The van der Waals surface area contributed by atoms with Crippen LogP contribution in [0.4, 0.5) is 8.78 Å². The van der Waals surface area contributed by atoms with Crippen molar-refractivity contribution in [1.29, 1.82) is 0 Å². The molecule has 0 aliphatic carbocycles. The maximum absolute atomic E-state index is 13.2. The Morgan fingerprint density at radius 3 is 2.48 bits per heavy atom. The van der Waals surface area contributed by atoms with Crippen LogP contribution in [-0.4, -0.2) is 6.61 Å². The van der Waals surface area contributed by atoms with Gasteiger partial charge in [0.15, 0.2) is 0 Å². The Balaban J connectivity index is 2.21. The van der Waals surface area contributed by atoms with Gasteiger partial charge in [-0.15, -0.1) is 0 Å². The number of rotatable bonds is 6. The number of ether oxygens (including phenoxy) is 1. The van der Waals surface area contributed by atoms with Gasteiger partial charge in [-0.05, 0) is 48.7 Å². The van der Waals surface area contributed by atoms with Crippen molar-refractivity contribution in [3.63, 3.8) is 0 Å². The summed E-state index contributed by atoms with van der Waals surface area (Å²) in [6.07, 6.45) is 0.376. The Morgan fingerprint density at radius 1 is 1.14 bits per heavy atom. The van der Waals surface area contributed by atoms with Crippen LogP contribution in [0.2, 0.25) is 0 Å². The van der Waals surface area contributed by atoms with E-state index in [0.29, 0.717) is 18.6 Å². The van der Waals surface area contributed by atoms with E-state index in [4.69, 9.17) is 10.6 Å². The summed E-state index contributed by atoms with van der Waals surface area (Å²) in [7, 11) is 0. The molecule has 0 amide bonds. The number of nitrogens with two attached hydrogens (primary N) is 1. The zero-order valence-electron chi connectivity index (χ0n) is 11.8. The monoisotopic (exact) mass is 292 g/mol. The van der Waals surface area contributed by atoms with Crippen LogP contribution >= 0.6 is 0 Å². The molecule has 21 heavy (non-hydrogen) atoms. The van der Waals surface area contributed by atoms with Crippen LogP contribution in [0, 0.1) is 11.6 Å². The molecule has 0 saturated heterocycles. The second kappa shape index (κ2) is 7.15. The molecule has 0 bridgehead atoms. The fraction of sp³-hybridized carbons (Fsp3) is 0.250. The third kappa shape index (κ3) is 4.24. The zero-order chi connectivity index (χ0) is 15.2. The summed E-state index contributed by atoms with van der Waals surface area (Å²) in [6, 6.07) is 10.7. The van der Waals surface area contributed by atoms with E-state index < -0.39 is 11.6 Å². The van der Waals surface area contributed by atoms with Crippen LogP contribution in [-0.2, 0) is 6.42 Å². The van der Waals surface area contributed by atoms with Gasteiger partial charge in [-0.1, -0.05) is 12.1 Å². The molecule has 3 nitrogen and oxygen atoms in total. The first-order chi connectivity index (χ1) is 10.1. The standard InChI is InChI=1S/C16H18F2N2O/c1-2-21-15-5-3-4-12(9-15)16(20-19)8-11-6-13(17)10-14(18)7-11/h3-7,9-10,16,20H,2,8,19H2,1H3. The van der Waals surface area contributed by atoms with Gasteiger partial charge in [0.2, 0.25) is 0 Å². The van der Waals surface area contributed by atoms with Crippen LogP contribution < -0.4 is 16.0 Å². The number of hydrazine groups is 1. The Hall–Kier alpha value is -1.98. The molecule has 3 N–H and O–H groups in total. The predicted molar refractivity (Wildman–Crippen MR) is 77.7 cm³/mol. The van der Waals surface area contributed by atoms with E-state index in [-0.39, 0.29) is 6.04 Å². The van der Waals surface area contributed by atoms with Gasteiger partial charge in [-0.2, -0.15) is 0 Å². The molecule has 0 saturated carbocycles. The summed E-state index contributed by atoms with van der Waals surface area (Å²) in [6.45, 7) is 2.47. The summed E-state index contributed by atoms with van der Waals surface area (Å²) in [4.78, 5) is 0. The highest BCUT2D eigenvalue weighted by Gasteiger charge is 2.13. The maximum atomic E-state index is 13.2. The minimum atomic E-state index is -0.594. The number of hydrogen-bond acceptors (Lipinski definition) is 3. The number of nitrogens with one attached hydrogen (secondary N) is 1. The molecule has 0 aliphatic rings. The van der Waals surface area contributed by atoms with Crippen molar-refractivity contribution in [1.82, 2.24) is 5.43 Å². The molecule has 0 spiro atoms. The quantitative estimate of drug-likeness (QED) is 0.635. The minimum absolute atomic E-state index is 0.258. The van der Waals surface area contributed by atoms with Crippen molar-refractivity contribution in [2.75, 3.05) is 6.61 Å². The second-order valence-corrected chi connectivity index (χ2v) is 4.71. The van der Waals surface area contributed by atoms with E-state index >= 15 is 0 Å². The highest BCUT2D eigenvalue weighted by atomic mass is 19.1. The number of benzene rings is 2. The average molecular weight is 292 g/mol. The van der Waals surface area contributed by atoms with Crippen molar-refractivity contribution >= 4 is 0 Å². The lowest BCUT2D eigenvalue weighted by Gasteiger charge is -2.17. The topological polar surface area (TPSA) is 47.3 Å². The molecular weight excluding hydrogens is 274 g/mol. The molecule has 0 heterocycles. The van der Waals surface area contributed by atoms with Gasteiger partial charge in [-0.3, -0.25) is 11.3 Å². The maximum Gasteiger partial charge on any atom is 0.126 e. The molecule has 2 aromatic rings. The SMILES string of the molecule is CCOc1cccc(C(Cc2cc(F)cc(F)c2)NN)c1. The molecule has 0 fully saturated rings. The van der Waals surface area contributed by atoms with Crippen molar-refractivity contribution in [2.45, 2.75) is 19.4 Å². The lowest BCUT2D eigenvalue weighted by Crippen LogP contribution is -2.29. The van der Waals surface area contributed by atoms with E-state index in [2.05, 4.69) is 5.43 Å². The normalized spacial score (nSPS) is 12.2. The largest absolute Gasteiger partial charge is 0.494 e. The highest BCUT2D eigenvalue weighted by Crippen LogP contribution is 2.23. The third-order valence-electron chi connectivity index (χ3n) is 3.13. The summed E-state index contributed by atoms with van der Waals surface area (Å²) >= 11 is 0. The fourth-order valence-electron chi connectivity index (χ4n) is 2.23. The summed E-state index contributed by atoms with van der Waals surface area (Å²) in [5.74, 6) is 5.12. The van der Waals surface area contributed by atoms with Gasteiger partial charge in [0.25, 0.3) is 0 Å². The van der Waals surface area contributed by atoms with Crippen LogP contribution in [0.25, 0.3) is 0 Å². The summed E-state index contributed by atoms with van der Waals surface area (Å²) in [5.41, 5.74) is 4.11. The van der Waals surface area contributed by atoms with E-state index in [9.17, 15) is 8.78 Å². The third-order valence-corrected chi connectivity index (χ3v) is 3.13. The van der Waals surface area contributed by atoms with Gasteiger partial charge in [-0.25, -0.2) is 8.78 Å². The Labute approximate surface area is 122 Å². The average Bonchev–Trinajstić information content (AvgIpc) is 2.44. The van der Waals surface area contributed by atoms with Crippen molar-refractivity contribution in [2.24, 2.45) is 5.84 Å². The number of hydrogen-bond donors (Lipinski definition) is 2. The smallest absolute Gasteiger partial charge is 0.126 e. The molecule has 5 heteroatoms. The zero-order valence-corrected chi connectivity index (χ0v) is 11.8. The van der Waals surface area contributed by atoms with Crippen LogP contribution in [0.3, 0.4) is 0 Å². The Morgan fingerprint density at radius 2 is 1.86 bits per heavy atom. The minimum Gasteiger partial charge on any atom is -0.494 e. The highest BCUT2D eigenvalue weighted by molar-refractivity contribution is 5.32. The van der Waals surface area contributed by atoms with Gasteiger partial charge in [0.05, 0.1) is 12.6 Å². The first kappa shape index (κ1) is 15.4. The van der Waals surface area contributed by atoms with Gasteiger partial charge < -0.3 is 4.74 Å². The predicted octanol–water partition coefficient (Wildman–Crippen LogP) is 3.11. The van der Waals surface area contributed by atoms with Gasteiger partial charge in [0, 0.05) is 6.07 Å². The fourth-order valence-corrected chi connectivity index (χ4v) is 2.23. The molecule has 2 rings (SSSR count). The molecule has 2 aromatic carbocycles. The van der Waals surface area contributed by atoms with E-state index in [1.54, 1.807) is 0 Å². The first-order valence-corrected chi connectivity index (χ1v) is 6.76. The molecule has 0 aromatic heterocycles. The molecule has 112 valence electrons. The van der Waals surface area contributed by atoms with Gasteiger partial charge >= 0.3 is 0 Å². The lowest BCUT2D eigenvalue weighted by atomic mass is 9.99. The van der Waals surface area contributed by atoms with Crippen molar-refractivity contribution in [3.8, 4) is 5.75 Å². The van der Waals surface area contributed by atoms with Crippen molar-refractivity contribution in [3.05, 3.63) is 65.2 Å². The van der Waals surface area contributed by atoms with Gasteiger partial charge in [0.1, 0.15) is 17.4 Å². The van der Waals surface area contributed by atoms with E-state index in [1.165, 1.54) is 12.1 Å². The van der Waals surface area contributed by atoms with E-state index in [1.807, 2.05) is 31.2 Å². The molecule has 0 aliphatic heterocycles.